The molecule has 0 aliphatic carbocycles. The average molecular weight is 408 g/mol. The number of ether oxygens (including phenoxy) is 3. The van der Waals surface area contributed by atoms with Crippen molar-refractivity contribution >= 4 is 11.0 Å². The maximum absolute atomic E-state index is 11.4. The van der Waals surface area contributed by atoms with E-state index in [4.69, 9.17) is 18.6 Å². The number of aliphatic hydroxyl groups excluding tert-OH is 4. The first kappa shape index (κ1) is 20.3. The molecule has 4 rings (SSSR count). The van der Waals surface area contributed by atoms with E-state index in [0.29, 0.717) is 17.8 Å². The van der Waals surface area contributed by atoms with Crippen LogP contribution in [0.3, 0.4) is 0 Å². The molecule has 4 N–H and O–H groups in total. The van der Waals surface area contributed by atoms with Crippen molar-refractivity contribution in [1.82, 2.24) is 0 Å². The molecule has 0 radical (unpaired) electrons. The standard InChI is InChI=1S/C20H24O9/c1-20(2,29-19-18(25)17(24)16(23)13(8-21)28-19)14-6-10-5-9-3-4-15(22)27-11(9)7-12(10)26-14/h3-5,7,13-14,16-19,21,23-25H,6,8H2,1-2H3/t13-,14+,16-,17+,18-,19+/m0/s1. The maximum atomic E-state index is 11.4. The lowest BCUT2D eigenvalue weighted by Gasteiger charge is -2.43. The Labute approximate surface area is 166 Å². The van der Waals surface area contributed by atoms with E-state index in [0.717, 1.165) is 10.9 Å². The van der Waals surface area contributed by atoms with Crippen molar-refractivity contribution in [2.45, 2.75) is 62.7 Å². The molecule has 0 unspecified atom stereocenters. The van der Waals surface area contributed by atoms with Crippen molar-refractivity contribution in [1.29, 1.82) is 0 Å². The molecule has 3 heterocycles. The Balaban J connectivity index is 1.53. The maximum Gasteiger partial charge on any atom is 0.336 e. The van der Waals surface area contributed by atoms with Gasteiger partial charge >= 0.3 is 5.63 Å². The predicted octanol–water partition coefficient (Wildman–Crippen LogP) is -0.308. The second-order valence-electron chi connectivity index (χ2n) is 7.98. The van der Waals surface area contributed by atoms with E-state index < -0.39 is 54.6 Å². The molecule has 9 heteroatoms. The smallest absolute Gasteiger partial charge is 0.336 e. The third-order valence-electron chi connectivity index (χ3n) is 5.52. The van der Waals surface area contributed by atoms with Crippen LogP contribution in [0.4, 0.5) is 0 Å². The summed E-state index contributed by atoms with van der Waals surface area (Å²) >= 11 is 0. The number of hydrogen-bond donors (Lipinski definition) is 4. The summed E-state index contributed by atoms with van der Waals surface area (Å²) in [5, 5.41) is 40.2. The first-order chi connectivity index (χ1) is 13.7. The number of fused-ring (bicyclic) bond motifs is 2. The second kappa shape index (κ2) is 7.35. The molecule has 1 aromatic heterocycles. The minimum Gasteiger partial charge on any atom is -0.487 e. The van der Waals surface area contributed by atoms with Gasteiger partial charge in [0, 0.05) is 23.9 Å². The Hall–Kier alpha value is -2.01. The van der Waals surface area contributed by atoms with Gasteiger partial charge in [0.05, 0.1) is 6.61 Å². The van der Waals surface area contributed by atoms with Gasteiger partial charge in [0.15, 0.2) is 6.29 Å². The predicted molar refractivity (Wildman–Crippen MR) is 99.5 cm³/mol. The molecular weight excluding hydrogens is 384 g/mol. The lowest BCUT2D eigenvalue weighted by Crippen LogP contribution is -2.61. The molecule has 1 saturated heterocycles. The Morgan fingerprint density at radius 1 is 1.14 bits per heavy atom. The number of benzene rings is 1. The number of aliphatic hydroxyl groups is 4. The Kier molecular flexibility index (Phi) is 5.14. The molecule has 1 fully saturated rings. The third kappa shape index (κ3) is 3.65. The monoisotopic (exact) mass is 408 g/mol. The van der Waals surface area contributed by atoms with Gasteiger partial charge in [-0.1, -0.05) is 0 Å². The van der Waals surface area contributed by atoms with E-state index in [-0.39, 0.29) is 0 Å². The molecule has 2 aliphatic heterocycles. The molecule has 2 aromatic rings. The van der Waals surface area contributed by atoms with E-state index >= 15 is 0 Å². The molecule has 0 spiro atoms. The third-order valence-corrected chi connectivity index (χ3v) is 5.52. The molecular formula is C20H24O9. The first-order valence-corrected chi connectivity index (χ1v) is 9.41. The van der Waals surface area contributed by atoms with E-state index in [2.05, 4.69) is 0 Å². The number of rotatable bonds is 4. The molecule has 0 bridgehead atoms. The van der Waals surface area contributed by atoms with E-state index in [1.54, 1.807) is 26.0 Å². The van der Waals surface area contributed by atoms with Crippen LogP contribution >= 0.6 is 0 Å². The van der Waals surface area contributed by atoms with Crippen LogP contribution in [0, 0.1) is 0 Å². The van der Waals surface area contributed by atoms with Crippen molar-refractivity contribution in [3.8, 4) is 5.75 Å². The highest BCUT2D eigenvalue weighted by Crippen LogP contribution is 2.38. The van der Waals surface area contributed by atoms with Crippen LogP contribution in [0.25, 0.3) is 11.0 Å². The summed E-state index contributed by atoms with van der Waals surface area (Å²) in [7, 11) is 0. The summed E-state index contributed by atoms with van der Waals surface area (Å²) in [4.78, 5) is 11.4. The molecule has 1 aromatic carbocycles. The van der Waals surface area contributed by atoms with Crippen molar-refractivity contribution < 1.29 is 39.1 Å². The Morgan fingerprint density at radius 3 is 2.62 bits per heavy atom. The van der Waals surface area contributed by atoms with Crippen LogP contribution in [0.5, 0.6) is 5.75 Å². The van der Waals surface area contributed by atoms with Gasteiger partial charge in [0.25, 0.3) is 0 Å². The first-order valence-electron chi connectivity index (χ1n) is 9.41. The van der Waals surface area contributed by atoms with Crippen LogP contribution in [-0.2, 0) is 15.9 Å². The van der Waals surface area contributed by atoms with Crippen LogP contribution in [-0.4, -0.2) is 69.4 Å². The fourth-order valence-electron chi connectivity index (χ4n) is 3.74. The highest BCUT2D eigenvalue weighted by Gasteiger charge is 2.48. The van der Waals surface area contributed by atoms with Crippen LogP contribution in [0.2, 0.25) is 0 Å². The molecule has 2 aliphatic rings. The Morgan fingerprint density at radius 2 is 1.90 bits per heavy atom. The molecule has 0 saturated carbocycles. The minimum atomic E-state index is -1.52. The summed E-state index contributed by atoms with van der Waals surface area (Å²) in [6.07, 6.45) is -6.71. The normalized spacial score (nSPS) is 32.2. The van der Waals surface area contributed by atoms with E-state index in [1.807, 2.05) is 6.07 Å². The molecule has 0 amide bonds. The van der Waals surface area contributed by atoms with E-state index in [1.165, 1.54) is 6.07 Å². The summed E-state index contributed by atoms with van der Waals surface area (Å²) in [6.45, 7) is 2.98. The summed E-state index contributed by atoms with van der Waals surface area (Å²) in [6, 6.07) is 6.59. The van der Waals surface area contributed by atoms with Gasteiger partial charge < -0.3 is 39.1 Å². The molecule has 158 valence electrons. The van der Waals surface area contributed by atoms with Crippen molar-refractivity contribution in [2.24, 2.45) is 0 Å². The molecule has 29 heavy (non-hydrogen) atoms. The van der Waals surface area contributed by atoms with Gasteiger partial charge in [-0.2, -0.15) is 0 Å². The second-order valence-corrected chi connectivity index (χ2v) is 7.98. The van der Waals surface area contributed by atoms with Crippen molar-refractivity contribution in [3.05, 3.63) is 40.2 Å². The van der Waals surface area contributed by atoms with Gasteiger partial charge in [-0.15, -0.1) is 0 Å². The fraction of sp³-hybridized carbons (Fsp3) is 0.550. The highest BCUT2D eigenvalue weighted by molar-refractivity contribution is 5.79. The van der Waals surface area contributed by atoms with Gasteiger partial charge in [-0.25, -0.2) is 4.79 Å². The van der Waals surface area contributed by atoms with Crippen molar-refractivity contribution in [2.75, 3.05) is 6.61 Å². The van der Waals surface area contributed by atoms with Crippen LogP contribution in [0.15, 0.2) is 33.5 Å². The zero-order valence-corrected chi connectivity index (χ0v) is 16.0. The summed E-state index contributed by atoms with van der Waals surface area (Å²) in [5.41, 5.74) is -0.0654. The SMILES string of the molecule is CC(C)(O[C@H]1O[C@@H](CO)[C@H](O)[C@@H](O)[C@@H]1O)[C@H]1Cc2cc3ccc(=O)oc3cc2O1. The zero-order chi connectivity index (χ0) is 20.9. The largest absolute Gasteiger partial charge is 0.487 e. The Bertz CT molecular complexity index is 951. The topological polar surface area (TPSA) is 139 Å². The average Bonchev–Trinajstić information content (AvgIpc) is 3.10. The van der Waals surface area contributed by atoms with Gasteiger partial charge in [0.1, 0.15) is 47.5 Å². The molecule has 9 nitrogen and oxygen atoms in total. The van der Waals surface area contributed by atoms with Gasteiger partial charge in [0.2, 0.25) is 0 Å². The van der Waals surface area contributed by atoms with Crippen LogP contribution in [0.1, 0.15) is 19.4 Å². The summed E-state index contributed by atoms with van der Waals surface area (Å²) in [5.74, 6) is 0.572. The highest BCUT2D eigenvalue weighted by atomic mass is 16.7. The lowest BCUT2D eigenvalue weighted by molar-refractivity contribution is -0.329. The van der Waals surface area contributed by atoms with E-state index in [9.17, 15) is 25.2 Å². The summed E-state index contributed by atoms with van der Waals surface area (Å²) < 4.78 is 22.6. The fourth-order valence-corrected chi connectivity index (χ4v) is 3.74. The van der Waals surface area contributed by atoms with Crippen molar-refractivity contribution in [3.63, 3.8) is 0 Å². The lowest BCUT2D eigenvalue weighted by atomic mass is 9.95. The van der Waals surface area contributed by atoms with Gasteiger partial charge in [-0.3, -0.25) is 0 Å². The molecule has 6 atom stereocenters. The zero-order valence-electron chi connectivity index (χ0n) is 16.0. The minimum absolute atomic E-state index is 0.421. The van der Waals surface area contributed by atoms with Crippen LogP contribution < -0.4 is 10.4 Å². The number of hydrogen-bond acceptors (Lipinski definition) is 9. The quantitative estimate of drug-likeness (QED) is 0.502. The van der Waals surface area contributed by atoms with Gasteiger partial charge in [-0.05, 0) is 31.5 Å².